The van der Waals surface area contributed by atoms with Crippen molar-refractivity contribution < 1.29 is 4.79 Å². The molecule has 20 heavy (non-hydrogen) atoms. The van der Waals surface area contributed by atoms with Gasteiger partial charge >= 0.3 is 0 Å². The largest absolute Gasteiger partial charge is 0.368 e. The van der Waals surface area contributed by atoms with Crippen molar-refractivity contribution in [2.75, 3.05) is 26.2 Å². The molecule has 0 spiro atoms. The van der Waals surface area contributed by atoms with Crippen LogP contribution in [0.5, 0.6) is 0 Å². The van der Waals surface area contributed by atoms with E-state index in [4.69, 9.17) is 17.3 Å². The Morgan fingerprint density at radius 1 is 1.35 bits per heavy atom. The molecule has 2 aliphatic rings. The first-order valence-corrected chi connectivity index (χ1v) is 7.57. The number of hydrogen-bond acceptors (Lipinski definition) is 3. The van der Waals surface area contributed by atoms with Gasteiger partial charge in [-0.05, 0) is 49.1 Å². The molecule has 1 fully saturated rings. The fourth-order valence-corrected chi connectivity index (χ4v) is 3.79. The Labute approximate surface area is 124 Å². The Balaban J connectivity index is 2.04. The Kier molecular flexibility index (Phi) is 3.71. The molecule has 0 aromatic heterocycles. The third kappa shape index (κ3) is 2.12. The number of amides is 1. The lowest BCUT2D eigenvalue weighted by atomic mass is 9.88. The van der Waals surface area contributed by atoms with Gasteiger partial charge in [-0.1, -0.05) is 17.7 Å². The van der Waals surface area contributed by atoms with Gasteiger partial charge in [-0.3, -0.25) is 9.69 Å². The normalized spacial score (nSPS) is 27.1. The first-order valence-electron chi connectivity index (χ1n) is 7.19. The van der Waals surface area contributed by atoms with Crippen molar-refractivity contribution in [3.05, 3.63) is 34.3 Å². The number of rotatable bonds is 2. The summed E-state index contributed by atoms with van der Waals surface area (Å²) in [5, 5.41) is 4.10. The number of nitrogens with one attached hydrogen (secondary N) is 1. The van der Waals surface area contributed by atoms with Gasteiger partial charge in [-0.2, -0.15) is 0 Å². The van der Waals surface area contributed by atoms with E-state index in [2.05, 4.69) is 10.2 Å². The van der Waals surface area contributed by atoms with Gasteiger partial charge in [0.2, 0.25) is 5.91 Å². The number of hydrogen-bond donors (Lipinski definition) is 2. The number of benzene rings is 1. The fraction of sp³-hybridized carbons (Fsp3) is 0.533. The monoisotopic (exact) mass is 293 g/mol. The summed E-state index contributed by atoms with van der Waals surface area (Å²) in [6.07, 6.45) is 2.67. The number of nitrogens with zero attached hydrogens (tertiary/aromatic N) is 1. The molecule has 1 unspecified atom stereocenters. The number of nitrogens with two attached hydrogens (primary N) is 1. The second kappa shape index (κ2) is 5.35. The molecule has 3 rings (SSSR count). The lowest BCUT2D eigenvalue weighted by Crippen LogP contribution is -2.54. The summed E-state index contributed by atoms with van der Waals surface area (Å²) in [5.41, 5.74) is 7.40. The quantitative estimate of drug-likeness (QED) is 0.863. The standard InChI is InChI=1S/C15H20ClN3O/c16-12-2-3-13-11(10-12)4-5-15(13,14(17)20)19-8-1-6-18-7-9-19/h2-3,10,18H,1,4-9H2,(H2,17,20). The third-order valence-electron chi connectivity index (χ3n) is 4.56. The average molecular weight is 294 g/mol. The highest BCUT2D eigenvalue weighted by molar-refractivity contribution is 6.30. The molecule has 0 saturated carbocycles. The molecule has 1 aromatic rings. The van der Waals surface area contributed by atoms with E-state index in [9.17, 15) is 4.79 Å². The molecule has 108 valence electrons. The van der Waals surface area contributed by atoms with E-state index >= 15 is 0 Å². The van der Waals surface area contributed by atoms with E-state index in [0.29, 0.717) is 0 Å². The summed E-state index contributed by atoms with van der Waals surface area (Å²) >= 11 is 6.07. The van der Waals surface area contributed by atoms with Crippen LogP contribution in [0.2, 0.25) is 5.02 Å². The van der Waals surface area contributed by atoms with Crippen LogP contribution in [-0.4, -0.2) is 37.0 Å². The summed E-state index contributed by atoms with van der Waals surface area (Å²) in [7, 11) is 0. The SMILES string of the molecule is NC(=O)C1(N2CCCNCC2)CCc2cc(Cl)ccc21. The molecule has 1 aliphatic carbocycles. The summed E-state index contributed by atoms with van der Waals surface area (Å²) < 4.78 is 0. The van der Waals surface area contributed by atoms with Crippen LogP contribution in [0.3, 0.4) is 0 Å². The molecular weight excluding hydrogens is 274 g/mol. The molecule has 1 amide bonds. The molecular formula is C15H20ClN3O. The number of primary amides is 1. The molecule has 0 bridgehead atoms. The number of carbonyl (C=O) groups excluding carboxylic acids is 1. The van der Waals surface area contributed by atoms with Crippen molar-refractivity contribution >= 4 is 17.5 Å². The third-order valence-corrected chi connectivity index (χ3v) is 4.79. The fourth-order valence-electron chi connectivity index (χ4n) is 3.59. The van der Waals surface area contributed by atoms with Crippen molar-refractivity contribution in [3.8, 4) is 0 Å². The molecule has 1 aliphatic heterocycles. The molecule has 0 radical (unpaired) electrons. The van der Waals surface area contributed by atoms with E-state index in [1.165, 1.54) is 0 Å². The van der Waals surface area contributed by atoms with Crippen molar-refractivity contribution in [1.82, 2.24) is 10.2 Å². The average Bonchev–Trinajstić information content (AvgIpc) is 2.61. The Bertz CT molecular complexity index is 526. The van der Waals surface area contributed by atoms with Crippen LogP contribution in [0.15, 0.2) is 18.2 Å². The first-order chi connectivity index (χ1) is 9.64. The lowest BCUT2D eigenvalue weighted by Gasteiger charge is -2.39. The minimum atomic E-state index is -0.647. The maximum atomic E-state index is 12.3. The van der Waals surface area contributed by atoms with Gasteiger partial charge in [-0.25, -0.2) is 0 Å². The number of halogens is 1. The molecule has 3 N–H and O–H groups in total. The van der Waals surface area contributed by atoms with Gasteiger partial charge in [0.05, 0.1) is 0 Å². The maximum absolute atomic E-state index is 12.3. The first kappa shape index (κ1) is 13.9. The van der Waals surface area contributed by atoms with Crippen LogP contribution in [0, 0.1) is 0 Å². The zero-order valence-corrected chi connectivity index (χ0v) is 12.2. The molecule has 1 aromatic carbocycles. The second-order valence-electron chi connectivity index (χ2n) is 5.62. The summed E-state index contributed by atoms with van der Waals surface area (Å²) in [4.78, 5) is 14.6. The molecule has 1 heterocycles. The van der Waals surface area contributed by atoms with Gasteiger partial charge in [0.1, 0.15) is 5.54 Å². The van der Waals surface area contributed by atoms with E-state index < -0.39 is 5.54 Å². The molecule has 1 atom stereocenters. The zero-order valence-electron chi connectivity index (χ0n) is 11.5. The van der Waals surface area contributed by atoms with Crippen LogP contribution >= 0.6 is 11.6 Å². The lowest BCUT2D eigenvalue weighted by molar-refractivity contribution is -0.131. The van der Waals surface area contributed by atoms with Crippen molar-refractivity contribution in [3.63, 3.8) is 0 Å². The van der Waals surface area contributed by atoms with Gasteiger partial charge in [0, 0.05) is 24.7 Å². The van der Waals surface area contributed by atoms with E-state index in [-0.39, 0.29) is 5.91 Å². The van der Waals surface area contributed by atoms with Crippen LogP contribution in [-0.2, 0) is 16.8 Å². The summed E-state index contributed by atoms with van der Waals surface area (Å²) in [6, 6.07) is 5.81. The van der Waals surface area contributed by atoms with E-state index in [0.717, 1.165) is 61.6 Å². The highest BCUT2D eigenvalue weighted by Gasteiger charge is 2.48. The van der Waals surface area contributed by atoms with Gasteiger partial charge in [0.15, 0.2) is 0 Å². The zero-order chi connectivity index (χ0) is 14.2. The van der Waals surface area contributed by atoms with Gasteiger partial charge in [-0.15, -0.1) is 0 Å². The van der Waals surface area contributed by atoms with Crippen LogP contribution in [0.1, 0.15) is 24.0 Å². The van der Waals surface area contributed by atoms with Crippen molar-refractivity contribution in [2.45, 2.75) is 24.8 Å². The summed E-state index contributed by atoms with van der Waals surface area (Å²) in [5.74, 6) is -0.236. The minimum absolute atomic E-state index is 0.236. The maximum Gasteiger partial charge on any atom is 0.242 e. The van der Waals surface area contributed by atoms with Crippen LogP contribution in [0.25, 0.3) is 0 Å². The predicted octanol–water partition coefficient (Wildman–Crippen LogP) is 1.26. The number of fused-ring (bicyclic) bond motifs is 1. The topological polar surface area (TPSA) is 58.4 Å². The minimum Gasteiger partial charge on any atom is -0.368 e. The molecule has 1 saturated heterocycles. The Morgan fingerprint density at radius 2 is 2.20 bits per heavy atom. The predicted molar refractivity (Wildman–Crippen MR) is 79.7 cm³/mol. The second-order valence-corrected chi connectivity index (χ2v) is 6.05. The van der Waals surface area contributed by atoms with Crippen molar-refractivity contribution in [1.29, 1.82) is 0 Å². The van der Waals surface area contributed by atoms with Crippen molar-refractivity contribution in [2.24, 2.45) is 5.73 Å². The number of aryl methyl sites for hydroxylation is 1. The van der Waals surface area contributed by atoms with Crippen LogP contribution in [0.4, 0.5) is 0 Å². The highest BCUT2D eigenvalue weighted by Crippen LogP contribution is 2.42. The smallest absolute Gasteiger partial charge is 0.242 e. The Hall–Kier alpha value is -1.10. The summed E-state index contributed by atoms with van der Waals surface area (Å²) in [6.45, 7) is 3.65. The van der Waals surface area contributed by atoms with E-state index in [1.54, 1.807) is 0 Å². The molecule has 5 heteroatoms. The van der Waals surface area contributed by atoms with Crippen LogP contribution < -0.4 is 11.1 Å². The van der Waals surface area contributed by atoms with Gasteiger partial charge < -0.3 is 11.1 Å². The molecule has 4 nitrogen and oxygen atoms in total. The van der Waals surface area contributed by atoms with E-state index in [1.807, 2.05) is 18.2 Å². The Morgan fingerprint density at radius 3 is 3.00 bits per heavy atom. The number of carbonyl (C=O) groups is 1. The highest BCUT2D eigenvalue weighted by atomic mass is 35.5. The van der Waals surface area contributed by atoms with Gasteiger partial charge in [0.25, 0.3) is 0 Å².